The number of sulfonamides is 1. The molecule has 2 aromatic rings. The summed E-state index contributed by atoms with van der Waals surface area (Å²) in [4.78, 5) is 0. The molecule has 2 aromatic heterocycles. The number of hydrogen-bond donors (Lipinski definition) is 0. The molecule has 2 aliphatic rings. The minimum atomic E-state index is -3.60. The molecule has 0 spiro atoms. The highest BCUT2D eigenvalue weighted by molar-refractivity contribution is 7.89. The molecule has 1 saturated heterocycles. The Hall–Kier alpha value is -1.67. The lowest BCUT2D eigenvalue weighted by molar-refractivity contribution is 0.281. The van der Waals surface area contributed by atoms with Crippen LogP contribution in [-0.4, -0.2) is 36.0 Å². The average Bonchev–Trinajstić information content (AvgIpc) is 3.14. The summed E-state index contributed by atoms with van der Waals surface area (Å²) >= 11 is 0. The predicted molar refractivity (Wildman–Crippen MR) is 85.7 cm³/mol. The SMILES string of the molecule is CC1CCN(S(=O)(=O)c2cc(-c3nnc(C4CCC4)o3)co2)CC1. The third-order valence-electron chi connectivity index (χ3n) is 5.05. The first-order chi connectivity index (χ1) is 11.5. The fraction of sp³-hybridized carbons (Fsp3) is 0.625. The van der Waals surface area contributed by atoms with E-state index in [4.69, 9.17) is 8.83 Å². The molecule has 1 aliphatic carbocycles. The molecule has 0 amide bonds. The maximum atomic E-state index is 12.7. The summed E-state index contributed by atoms with van der Waals surface area (Å²) < 4.78 is 37.8. The van der Waals surface area contributed by atoms with Gasteiger partial charge in [-0.3, -0.25) is 0 Å². The Kier molecular flexibility index (Phi) is 3.96. The minimum Gasteiger partial charge on any atom is -0.451 e. The lowest BCUT2D eigenvalue weighted by Crippen LogP contribution is -2.37. The van der Waals surface area contributed by atoms with Gasteiger partial charge < -0.3 is 8.83 Å². The topological polar surface area (TPSA) is 89.4 Å². The second-order valence-electron chi connectivity index (χ2n) is 6.81. The fourth-order valence-corrected chi connectivity index (χ4v) is 4.48. The minimum absolute atomic E-state index is 0.0598. The molecule has 0 aromatic carbocycles. The first kappa shape index (κ1) is 15.8. The molecule has 4 rings (SSSR count). The van der Waals surface area contributed by atoms with Crippen LogP contribution in [0.2, 0.25) is 0 Å². The van der Waals surface area contributed by atoms with E-state index >= 15 is 0 Å². The van der Waals surface area contributed by atoms with Crippen molar-refractivity contribution >= 4 is 10.0 Å². The van der Waals surface area contributed by atoms with Gasteiger partial charge in [0.2, 0.25) is 11.0 Å². The van der Waals surface area contributed by atoms with Crippen LogP contribution >= 0.6 is 0 Å². The van der Waals surface area contributed by atoms with Gasteiger partial charge in [0.25, 0.3) is 15.9 Å². The van der Waals surface area contributed by atoms with E-state index in [9.17, 15) is 8.42 Å². The van der Waals surface area contributed by atoms with Gasteiger partial charge in [0, 0.05) is 25.1 Å². The molecule has 24 heavy (non-hydrogen) atoms. The molecule has 7 nitrogen and oxygen atoms in total. The third-order valence-corrected chi connectivity index (χ3v) is 6.82. The van der Waals surface area contributed by atoms with Gasteiger partial charge in [-0.15, -0.1) is 10.2 Å². The van der Waals surface area contributed by atoms with E-state index in [1.54, 1.807) is 0 Å². The summed E-state index contributed by atoms with van der Waals surface area (Å²) in [7, 11) is -3.60. The number of aromatic nitrogens is 2. The fourth-order valence-electron chi connectivity index (χ4n) is 3.09. The summed E-state index contributed by atoms with van der Waals surface area (Å²) in [6.45, 7) is 3.21. The molecule has 0 atom stereocenters. The largest absolute Gasteiger partial charge is 0.451 e. The van der Waals surface area contributed by atoms with Gasteiger partial charge in [0.15, 0.2) is 0 Å². The van der Waals surface area contributed by atoms with Gasteiger partial charge in [0.05, 0.1) is 5.56 Å². The number of rotatable bonds is 4. The second-order valence-corrected chi connectivity index (χ2v) is 8.68. The van der Waals surface area contributed by atoms with Crippen LogP contribution in [0.3, 0.4) is 0 Å². The Morgan fingerprint density at radius 1 is 1.17 bits per heavy atom. The van der Waals surface area contributed by atoms with Gasteiger partial charge in [-0.1, -0.05) is 13.3 Å². The van der Waals surface area contributed by atoms with Crippen molar-refractivity contribution in [3.05, 3.63) is 18.2 Å². The number of hydrogen-bond acceptors (Lipinski definition) is 6. The zero-order valence-electron chi connectivity index (χ0n) is 13.6. The van der Waals surface area contributed by atoms with Gasteiger partial charge in [-0.25, -0.2) is 8.42 Å². The van der Waals surface area contributed by atoms with Crippen molar-refractivity contribution in [2.75, 3.05) is 13.1 Å². The summed E-state index contributed by atoms with van der Waals surface area (Å²) in [6, 6.07) is 1.48. The van der Waals surface area contributed by atoms with Crippen molar-refractivity contribution in [3.63, 3.8) is 0 Å². The maximum absolute atomic E-state index is 12.7. The van der Waals surface area contributed by atoms with Crippen molar-refractivity contribution < 1.29 is 17.3 Å². The Morgan fingerprint density at radius 3 is 2.58 bits per heavy atom. The Morgan fingerprint density at radius 2 is 1.92 bits per heavy atom. The van der Waals surface area contributed by atoms with Crippen LogP contribution in [0.25, 0.3) is 11.5 Å². The molecule has 0 N–H and O–H groups in total. The molecule has 130 valence electrons. The van der Waals surface area contributed by atoms with E-state index in [0.29, 0.717) is 42.3 Å². The first-order valence-corrected chi connectivity index (χ1v) is 9.90. The lowest BCUT2D eigenvalue weighted by Gasteiger charge is -2.28. The highest BCUT2D eigenvalue weighted by Gasteiger charge is 2.31. The molecular weight excluding hydrogens is 330 g/mol. The van der Waals surface area contributed by atoms with E-state index in [2.05, 4.69) is 17.1 Å². The normalized spacial score (nSPS) is 21.0. The summed E-state index contributed by atoms with van der Waals surface area (Å²) in [5, 5.41) is 8.03. The van der Waals surface area contributed by atoms with Crippen molar-refractivity contribution in [2.45, 2.75) is 50.0 Å². The average molecular weight is 351 g/mol. The van der Waals surface area contributed by atoms with Gasteiger partial charge in [-0.05, 0) is 31.6 Å². The summed E-state index contributed by atoms with van der Waals surface area (Å²) in [5.74, 6) is 1.85. The van der Waals surface area contributed by atoms with E-state index in [-0.39, 0.29) is 5.09 Å². The predicted octanol–water partition coefficient (Wildman–Crippen LogP) is 3.02. The van der Waals surface area contributed by atoms with Crippen LogP contribution in [-0.2, 0) is 10.0 Å². The van der Waals surface area contributed by atoms with Crippen LogP contribution in [0.15, 0.2) is 26.3 Å². The van der Waals surface area contributed by atoms with Crippen LogP contribution in [0.5, 0.6) is 0 Å². The number of piperidine rings is 1. The molecule has 1 aliphatic heterocycles. The molecule has 0 unspecified atom stereocenters. The molecule has 8 heteroatoms. The summed E-state index contributed by atoms with van der Waals surface area (Å²) in [5.41, 5.74) is 0.511. The Bertz CT molecular complexity index is 814. The Labute approximate surface area is 141 Å². The summed E-state index contributed by atoms with van der Waals surface area (Å²) in [6.07, 6.45) is 6.45. The zero-order chi connectivity index (χ0) is 16.7. The standard InChI is InChI=1S/C16H21N3O4S/c1-11-5-7-19(8-6-11)24(20,21)14-9-13(10-22-14)16-18-17-15(23-16)12-3-2-4-12/h9-12H,2-8H2,1H3. The van der Waals surface area contributed by atoms with E-state index in [1.807, 2.05) is 0 Å². The maximum Gasteiger partial charge on any atom is 0.276 e. The monoisotopic (exact) mass is 351 g/mol. The highest BCUT2D eigenvalue weighted by Crippen LogP contribution is 2.37. The number of nitrogens with zero attached hydrogens (tertiary/aromatic N) is 3. The number of furan rings is 1. The van der Waals surface area contributed by atoms with Crippen LogP contribution in [0.1, 0.15) is 50.8 Å². The van der Waals surface area contributed by atoms with Crippen molar-refractivity contribution in [1.82, 2.24) is 14.5 Å². The molecule has 1 saturated carbocycles. The van der Waals surface area contributed by atoms with E-state index < -0.39 is 10.0 Å². The van der Waals surface area contributed by atoms with Crippen molar-refractivity contribution in [3.8, 4) is 11.5 Å². The molecule has 0 bridgehead atoms. The van der Waals surface area contributed by atoms with Crippen LogP contribution in [0, 0.1) is 5.92 Å². The third kappa shape index (κ3) is 2.77. The quantitative estimate of drug-likeness (QED) is 0.841. The molecule has 2 fully saturated rings. The molecule has 3 heterocycles. The van der Waals surface area contributed by atoms with E-state index in [1.165, 1.54) is 23.1 Å². The molecular formula is C16H21N3O4S. The van der Waals surface area contributed by atoms with E-state index in [0.717, 1.165) is 25.7 Å². The molecule has 0 radical (unpaired) electrons. The van der Waals surface area contributed by atoms with Crippen LogP contribution in [0.4, 0.5) is 0 Å². The zero-order valence-corrected chi connectivity index (χ0v) is 14.5. The van der Waals surface area contributed by atoms with Gasteiger partial charge in [0.1, 0.15) is 6.26 Å². The second kappa shape index (κ2) is 6.00. The van der Waals surface area contributed by atoms with Crippen LogP contribution < -0.4 is 0 Å². The van der Waals surface area contributed by atoms with Gasteiger partial charge in [-0.2, -0.15) is 4.31 Å². The smallest absolute Gasteiger partial charge is 0.276 e. The first-order valence-electron chi connectivity index (χ1n) is 8.46. The highest BCUT2D eigenvalue weighted by atomic mass is 32.2. The Balaban J connectivity index is 1.54. The van der Waals surface area contributed by atoms with Gasteiger partial charge >= 0.3 is 0 Å². The van der Waals surface area contributed by atoms with Crippen molar-refractivity contribution in [2.24, 2.45) is 5.92 Å². The lowest BCUT2D eigenvalue weighted by atomic mass is 9.85. The van der Waals surface area contributed by atoms with Crippen molar-refractivity contribution in [1.29, 1.82) is 0 Å².